The molecule has 0 bridgehead atoms. The summed E-state index contributed by atoms with van der Waals surface area (Å²) in [5.74, 6) is -0.656. The van der Waals surface area contributed by atoms with Crippen LogP contribution >= 0.6 is 22.7 Å². The number of ether oxygens (including phenoxy) is 1. The molecular weight excluding hydrogens is 482 g/mol. The molecule has 9 heteroatoms. The van der Waals surface area contributed by atoms with Gasteiger partial charge in [0.05, 0.1) is 29.1 Å². The number of carbonyl (C=O) groups is 2. The second-order valence-corrected chi connectivity index (χ2v) is 10.3. The lowest BCUT2D eigenvalue weighted by molar-refractivity contribution is -0.139. The number of nitrogens with zero attached hydrogens (tertiary/aromatic N) is 3. The third-order valence-corrected chi connectivity index (χ3v) is 8.17. The Morgan fingerprint density at radius 1 is 1.14 bits per heavy atom. The normalized spacial score (nSPS) is 18.4. The number of thiophene rings is 1. The number of thiazole rings is 1. The molecule has 0 unspecified atom stereocenters. The van der Waals surface area contributed by atoms with E-state index in [-0.39, 0.29) is 18.1 Å². The van der Waals surface area contributed by atoms with Crippen molar-refractivity contribution in [3.63, 3.8) is 0 Å². The summed E-state index contributed by atoms with van der Waals surface area (Å²) in [5, 5.41) is 1.91. The minimum atomic E-state index is -0.650. The number of rotatable bonds is 6. The highest BCUT2D eigenvalue weighted by Gasteiger charge is 2.37. The van der Waals surface area contributed by atoms with Crippen molar-refractivity contribution >= 4 is 45.8 Å². The Hall–Kier alpha value is -3.30. The first-order chi connectivity index (χ1) is 17.0. The van der Waals surface area contributed by atoms with Crippen molar-refractivity contribution in [1.29, 1.82) is 0 Å². The largest absolute Gasteiger partial charge is 0.463 e. The molecule has 0 N–H and O–H groups in total. The second-order valence-electron chi connectivity index (χ2n) is 8.34. The second kappa shape index (κ2) is 9.39. The van der Waals surface area contributed by atoms with E-state index in [1.807, 2.05) is 41.8 Å². The fraction of sp³-hybridized carbons (Fsp3) is 0.308. The Kier molecular flexibility index (Phi) is 6.29. The molecule has 2 aliphatic rings. The zero-order valence-electron chi connectivity index (χ0n) is 19.7. The Morgan fingerprint density at radius 3 is 2.66 bits per heavy atom. The van der Waals surface area contributed by atoms with Crippen molar-refractivity contribution in [2.24, 2.45) is 4.99 Å². The molecule has 1 amide bonds. The van der Waals surface area contributed by atoms with Gasteiger partial charge in [-0.15, -0.1) is 11.3 Å². The number of esters is 1. The zero-order valence-corrected chi connectivity index (χ0v) is 21.4. The Morgan fingerprint density at radius 2 is 1.94 bits per heavy atom. The van der Waals surface area contributed by atoms with Crippen molar-refractivity contribution < 1.29 is 14.3 Å². The highest BCUT2D eigenvalue weighted by molar-refractivity contribution is 7.10. The molecule has 0 saturated heterocycles. The van der Waals surface area contributed by atoms with Crippen molar-refractivity contribution in [1.82, 2.24) is 4.57 Å². The molecule has 4 heterocycles. The van der Waals surface area contributed by atoms with Crippen LogP contribution in [0.4, 0.5) is 5.69 Å². The fourth-order valence-electron chi connectivity index (χ4n) is 4.60. The Labute approximate surface area is 210 Å². The summed E-state index contributed by atoms with van der Waals surface area (Å²) in [7, 11) is 0. The predicted molar refractivity (Wildman–Crippen MR) is 137 cm³/mol. The fourth-order valence-corrected chi connectivity index (χ4v) is 6.56. The van der Waals surface area contributed by atoms with E-state index >= 15 is 0 Å². The smallest absolute Gasteiger partial charge is 0.338 e. The van der Waals surface area contributed by atoms with Gasteiger partial charge in [0.15, 0.2) is 4.80 Å². The summed E-state index contributed by atoms with van der Waals surface area (Å²) >= 11 is 2.66. The number of fused-ring (bicyclic) bond motifs is 2. The molecule has 2 aliphatic heterocycles. The van der Waals surface area contributed by atoms with Gasteiger partial charge in [-0.05, 0) is 37.8 Å². The van der Waals surface area contributed by atoms with E-state index in [1.54, 1.807) is 23.3 Å². The number of amides is 1. The van der Waals surface area contributed by atoms with Crippen LogP contribution in [-0.4, -0.2) is 29.6 Å². The molecule has 35 heavy (non-hydrogen) atoms. The van der Waals surface area contributed by atoms with E-state index in [9.17, 15) is 14.4 Å². The SMILES string of the molecule is CCCCN1C(=O)/C(=c2\sc3n(c2=O)[C@H](c2cccs2)C(C(=O)OCC)=C(C)N=3)c2ccccc21. The molecule has 0 aliphatic carbocycles. The highest BCUT2D eigenvalue weighted by atomic mass is 32.1. The number of aromatic nitrogens is 1. The number of carbonyl (C=O) groups excluding carboxylic acids is 2. The van der Waals surface area contributed by atoms with Gasteiger partial charge in [0.1, 0.15) is 10.6 Å². The average Bonchev–Trinajstić information content (AvgIpc) is 3.54. The van der Waals surface area contributed by atoms with Crippen LogP contribution < -0.4 is 19.8 Å². The van der Waals surface area contributed by atoms with Gasteiger partial charge in [-0.3, -0.25) is 14.2 Å². The third-order valence-electron chi connectivity index (χ3n) is 6.19. The zero-order chi connectivity index (χ0) is 24.7. The molecule has 0 fully saturated rings. The van der Waals surface area contributed by atoms with Crippen LogP contribution in [0.3, 0.4) is 0 Å². The topological polar surface area (TPSA) is 81.0 Å². The van der Waals surface area contributed by atoms with Gasteiger partial charge in [-0.25, -0.2) is 9.79 Å². The van der Waals surface area contributed by atoms with E-state index in [0.29, 0.717) is 32.7 Å². The number of anilines is 1. The minimum Gasteiger partial charge on any atom is -0.463 e. The maximum absolute atomic E-state index is 14.0. The van der Waals surface area contributed by atoms with E-state index in [1.165, 1.54) is 22.7 Å². The first-order valence-corrected chi connectivity index (χ1v) is 13.3. The molecule has 0 saturated carbocycles. The minimum absolute atomic E-state index is 0.168. The molecule has 2 aromatic heterocycles. The lowest BCUT2D eigenvalue weighted by atomic mass is 10.0. The summed E-state index contributed by atoms with van der Waals surface area (Å²) in [6.45, 7) is 6.41. The third kappa shape index (κ3) is 3.79. The lowest BCUT2D eigenvalue weighted by Gasteiger charge is -2.23. The summed E-state index contributed by atoms with van der Waals surface area (Å²) in [5.41, 5.74) is 2.53. The van der Waals surface area contributed by atoms with Crippen molar-refractivity contribution in [2.45, 2.75) is 39.7 Å². The van der Waals surface area contributed by atoms with Crippen LogP contribution in [0, 0.1) is 0 Å². The Bertz CT molecular complexity index is 1530. The van der Waals surface area contributed by atoms with Gasteiger partial charge in [0, 0.05) is 17.0 Å². The summed E-state index contributed by atoms with van der Waals surface area (Å²) in [4.78, 5) is 48.2. The molecule has 1 aromatic carbocycles. The van der Waals surface area contributed by atoms with Crippen LogP contribution in [-0.2, 0) is 14.3 Å². The van der Waals surface area contributed by atoms with Crippen LogP contribution in [0.5, 0.6) is 0 Å². The van der Waals surface area contributed by atoms with Crippen LogP contribution in [0.1, 0.15) is 50.1 Å². The molecule has 1 atom stereocenters. The first kappa shape index (κ1) is 23.4. The van der Waals surface area contributed by atoms with Crippen LogP contribution in [0.15, 0.2) is 62.8 Å². The van der Waals surface area contributed by atoms with Crippen LogP contribution in [0.25, 0.3) is 5.57 Å². The number of hydrogen-bond donors (Lipinski definition) is 0. The summed E-state index contributed by atoms with van der Waals surface area (Å²) < 4.78 is 7.22. The standard InChI is InChI=1S/C26H25N3O4S2/c1-4-6-13-28-17-11-8-7-10-16(17)20(23(28)30)22-24(31)29-21(18-12-9-14-34-18)19(25(32)33-5-2)15(3)27-26(29)35-22/h7-12,14,21H,4-6,13H2,1-3H3/b22-20-/t21-/m1/s1. The molecule has 3 aromatic rings. The van der Waals surface area contributed by atoms with Gasteiger partial charge in [0.2, 0.25) is 0 Å². The van der Waals surface area contributed by atoms with E-state index in [0.717, 1.165) is 29.0 Å². The number of para-hydroxylation sites is 1. The molecule has 0 radical (unpaired) electrons. The van der Waals surface area contributed by atoms with Gasteiger partial charge in [-0.1, -0.05) is 48.9 Å². The quantitative estimate of drug-likeness (QED) is 0.479. The van der Waals surface area contributed by atoms with Gasteiger partial charge in [-0.2, -0.15) is 0 Å². The van der Waals surface area contributed by atoms with Crippen molar-refractivity contribution in [3.05, 3.63) is 83.2 Å². The first-order valence-electron chi connectivity index (χ1n) is 11.6. The van der Waals surface area contributed by atoms with Gasteiger partial charge >= 0.3 is 5.97 Å². The van der Waals surface area contributed by atoms with Gasteiger partial charge in [0.25, 0.3) is 11.5 Å². The predicted octanol–water partition coefficient (Wildman–Crippen LogP) is 3.38. The number of benzene rings is 1. The van der Waals surface area contributed by atoms with E-state index < -0.39 is 12.0 Å². The van der Waals surface area contributed by atoms with E-state index in [2.05, 4.69) is 11.9 Å². The molecule has 0 spiro atoms. The van der Waals surface area contributed by atoms with Crippen LogP contribution in [0.2, 0.25) is 0 Å². The number of unbranched alkanes of at least 4 members (excludes halogenated alkanes) is 1. The highest BCUT2D eigenvalue weighted by Crippen LogP contribution is 2.36. The molecule has 7 nitrogen and oxygen atoms in total. The lowest BCUT2D eigenvalue weighted by Crippen LogP contribution is -2.40. The number of allylic oxidation sites excluding steroid dienone is 1. The summed E-state index contributed by atoms with van der Waals surface area (Å²) in [6.07, 6.45) is 1.83. The number of hydrogen-bond acceptors (Lipinski definition) is 7. The summed E-state index contributed by atoms with van der Waals surface area (Å²) in [6, 6.07) is 10.7. The Balaban J connectivity index is 1.77. The van der Waals surface area contributed by atoms with E-state index in [4.69, 9.17) is 4.74 Å². The molecule has 5 rings (SSSR count). The maximum atomic E-state index is 14.0. The average molecular weight is 508 g/mol. The molecule has 180 valence electrons. The monoisotopic (exact) mass is 507 g/mol. The van der Waals surface area contributed by atoms with Crippen molar-refractivity contribution in [3.8, 4) is 0 Å². The van der Waals surface area contributed by atoms with Crippen molar-refractivity contribution in [2.75, 3.05) is 18.1 Å². The molecular formula is C26H25N3O4S2. The maximum Gasteiger partial charge on any atom is 0.338 e. The van der Waals surface area contributed by atoms with Gasteiger partial charge < -0.3 is 9.64 Å².